The lowest BCUT2D eigenvalue weighted by Crippen LogP contribution is -2.08. The van der Waals surface area contributed by atoms with E-state index in [1.165, 1.54) is 6.07 Å². The molecule has 0 atom stereocenters. The molecule has 3 rings (SSSR count). The fraction of sp³-hybridized carbons (Fsp3) is 0.200. The summed E-state index contributed by atoms with van der Waals surface area (Å²) in [5, 5.41) is 13.9. The molecule has 0 aliphatic carbocycles. The molecule has 0 aliphatic rings. The van der Waals surface area contributed by atoms with Crippen molar-refractivity contribution >= 4 is 22.5 Å². The fourth-order valence-corrected chi connectivity index (χ4v) is 2.33. The summed E-state index contributed by atoms with van der Waals surface area (Å²) in [5.74, 6) is 0.308. The Bertz CT molecular complexity index is 799. The predicted octanol–water partition coefficient (Wildman–Crippen LogP) is 2.84. The molecule has 0 aliphatic heterocycles. The van der Waals surface area contributed by atoms with Gasteiger partial charge in [0.2, 0.25) is 5.82 Å². The lowest BCUT2D eigenvalue weighted by Gasteiger charge is -2.07. The highest BCUT2D eigenvalue weighted by molar-refractivity contribution is 5.74. The molecule has 112 valence electrons. The first kappa shape index (κ1) is 14.0. The van der Waals surface area contributed by atoms with Crippen molar-refractivity contribution in [2.75, 3.05) is 11.9 Å². The number of imidazole rings is 1. The van der Waals surface area contributed by atoms with Gasteiger partial charge in [-0.15, -0.1) is 0 Å². The molecule has 7 heteroatoms. The highest BCUT2D eigenvalue weighted by Crippen LogP contribution is 2.20. The molecule has 0 radical (unpaired) electrons. The number of nitrogens with one attached hydrogen (secondary N) is 1. The fourth-order valence-electron chi connectivity index (χ4n) is 2.33. The molecule has 0 amide bonds. The van der Waals surface area contributed by atoms with Crippen LogP contribution >= 0.6 is 0 Å². The van der Waals surface area contributed by atoms with E-state index in [0.29, 0.717) is 12.4 Å². The average Bonchev–Trinajstić information content (AvgIpc) is 2.95. The molecule has 22 heavy (non-hydrogen) atoms. The molecule has 2 aromatic heterocycles. The predicted molar refractivity (Wildman–Crippen MR) is 83.7 cm³/mol. The number of nitrogens with zero attached hydrogens (tertiary/aromatic N) is 4. The standard InChI is InChI=1S/C15H15N5O2/c21-20(22)14-7-3-8-16-15(14)17-9-4-10-19-11-18-12-5-1-2-6-13(12)19/h1-3,5-8,11H,4,9-10H2,(H,16,17). The van der Waals surface area contributed by atoms with E-state index >= 15 is 0 Å². The lowest BCUT2D eigenvalue weighted by molar-refractivity contribution is -0.384. The van der Waals surface area contributed by atoms with Crippen LogP contribution in [0, 0.1) is 10.1 Å². The minimum absolute atomic E-state index is 0.00409. The van der Waals surface area contributed by atoms with Gasteiger partial charge < -0.3 is 9.88 Å². The first-order chi connectivity index (χ1) is 10.8. The van der Waals surface area contributed by atoms with Crippen molar-refractivity contribution < 1.29 is 4.92 Å². The van der Waals surface area contributed by atoms with E-state index in [9.17, 15) is 10.1 Å². The third-order valence-corrected chi connectivity index (χ3v) is 3.38. The van der Waals surface area contributed by atoms with E-state index in [4.69, 9.17) is 0 Å². The Morgan fingerprint density at radius 2 is 2.05 bits per heavy atom. The number of anilines is 1. The third kappa shape index (κ3) is 2.88. The number of hydrogen-bond donors (Lipinski definition) is 1. The Morgan fingerprint density at radius 3 is 2.91 bits per heavy atom. The van der Waals surface area contributed by atoms with Gasteiger partial charge in [0.1, 0.15) is 0 Å². The topological polar surface area (TPSA) is 85.9 Å². The third-order valence-electron chi connectivity index (χ3n) is 3.38. The van der Waals surface area contributed by atoms with Crippen LogP contribution in [0.3, 0.4) is 0 Å². The minimum Gasteiger partial charge on any atom is -0.364 e. The minimum atomic E-state index is -0.432. The van der Waals surface area contributed by atoms with Crippen LogP contribution in [-0.4, -0.2) is 26.0 Å². The number of rotatable bonds is 6. The molecule has 2 heterocycles. The van der Waals surface area contributed by atoms with Crippen LogP contribution in [0.25, 0.3) is 11.0 Å². The normalized spacial score (nSPS) is 10.7. The summed E-state index contributed by atoms with van der Waals surface area (Å²) in [4.78, 5) is 18.8. The Kier molecular flexibility index (Phi) is 3.95. The Balaban J connectivity index is 1.59. The van der Waals surface area contributed by atoms with E-state index < -0.39 is 4.92 Å². The molecule has 0 spiro atoms. The van der Waals surface area contributed by atoms with Gasteiger partial charge in [0, 0.05) is 25.4 Å². The molecule has 3 aromatic rings. The van der Waals surface area contributed by atoms with Crippen LogP contribution in [0.5, 0.6) is 0 Å². The monoisotopic (exact) mass is 297 g/mol. The highest BCUT2D eigenvalue weighted by Gasteiger charge is 2.13. The van der Waals surface area contributed by atoms with Gasteiger partial charge in [-0.1, -0.05) is 12.1 Å². The van der Waals surface area contributed by atoms with E-state index in [0.717, 1.165) is 24.0 Å². The van der Waals surface area contributed by atoms with E-state index in [1.807, 2.05) is 30.6 Å². The van der Waals surface area contributed by atoms with E-state index in [1.54, 1.807) is 12.3 Å². The summed E-state index contributed by atoms with van der Waals surface area (Å²) in [5.41, 5.74) is 2.05. The molecule has 0 unspecified atom stereocenters. The van der Waals surface area contributed by atoms with Crippen molar-refractivity contribution in [2.24, 2.45) is 0 Å². The highest BCUT2D eigenvalue weighted by atomic mass is 16.6. The summed E-state index contributed by atoms with van der Waals surface area (Å²) in [7, 11) is 0. The zero-order valence-corrected chi connectivity index (χ0v) is 11.8. The molecule has 0 saturated heterocycles. The first-order valence-corrected chi connectivity index (χ1v) is 6.99. The van der Waals surface area contributed by atoms with Crippen molar-refractivity contribution in [1.82, 2.24) is 14.5 Å². The van der Waals surface area contributed by atoms with Crippen molar-refractivity contribution in [2.45, 2.75) is 13.0 Å². The van der Waals surface area contributed by atoms with Crippen LogP contribution in [0.2, 0.25) is 0 Å². The first-order valence-electron chi connectivity index (χ1n) is 6.99. The number of aryl methyl sites for hydroxylation is 1. The summed E-state index contributed by atoms with van der Waals surface area (Å²) in [6, 6.07) is 10.9. The molecule has 7 nitrogen and oxygen atoms in total. The molecule has 1 N–H and O–H groups in total. The van der Waals surface area contributed by atoms with Crippen molar-refractivity contribution in [3.8, 4) is 0 Å². The second-order valence-electron chi connectivity index (χ2n) is 4.84. The Morgan fingerprint density at radius 1 is 1.18 bits per heavy atom. The summed E-state index contributed by atoms with van der Waals surface area (Å²) in [6.07, 6.45) is 4.17. The average molecular weight is 297 g/mol. The van der Waals surface area contributed by atoms with E-state index in [-0.39, 0.29) is 5.69 Å². The van der Waals surface area contributed by atoms with Crippen molar-refractivity contribution in [1.29, 1.82) is 0 Å². The number of hydrogen-bond acceptors (Lipinski definition) is 5. The van der Waals surface area contributed by atoms with Crippen molar-refractivity contribution in [3.63, 3.8) is 0 Å². The number of nitro groups is 1. The SMILES string of the molecule is O=[N+]([O-])c1cccnc1NCCCn1cnc2ccccc21. The Hall–Kier alpha value is -2.96. The maximum Gasteiger partial charge on any atom is 0.311 e. The molecular weight excluding hydrogens is 282 g/mol. The lowest BCUT2D eigenvalue weighted by atomic mass is 10.3. The van der Waals surface area contributed by atoms with Gasteiger partial charge in [-0.2, -0.15) is 0 Å². The van der Waals surface area contributed by atoms with Crippen LogP contribution < -0.4 is 5.32 Å². The van der Waals surface area contributed by atoms with Gasteiger partial charge in [-0.25, -0.2) is 9.97 Å². The molecule has 0 fully saturated rings. The quantitative estimate of drug-likeness (QED) is 0.429. The van der Waals surface area contributed by atoms with Crippen LogP contribution in [0.4, 0.5) is 11.5 Å². The van der Waals surface area contributed by atoms with Gasteiger partial charge in [0.25, 0.3) is 0 Å². The second-order valence-corrected chi connectivity index (χ2v) is 4.84. The second kappa shape index (κ2) is 6.21. The summed E-state index contributed by atoms with van der Waals surface area (Å²) >= 11 is 0. The van der Waals surface area contributed by atoms with Crippen LogP contribution in [0.1, 0.15) is 6.42 Å². The maximum absolute atomic E-state index is 10.9. The number of aromatic nitrogens is 3. The number of pyridine rings is 1. The summed E-state index contributed by atoms with van der Waals surface area (Å²) < 4.78 is 2.07. The zero-order valence-electron chi connectivity index (χ0n) is 11.8. The Labute approximate surface area is 126 Å². The van der Waals surface area contributed by atoms with Gasteiger partial charge in [-0.05, 0) is 24.6 Å². The van der Waals surface area contributed by atoms with Crippen LogP contribution in [0.15, 0.2) is 48.9 Å². The molecular formula is C15H15N5O2. The number of fused-ring (bicyclic) bond motifs is 1. The molecule has 1 aromatic carbocycles. The van der Waals surface area contributed by atoms with Gasteiger partial charge in [0.05, 0.1) is 22.3 Å². The van der Waals surface area contributed by atoms with Gasteiger partial charge >= 0.3 is 5.69 Å². The van der Waals surface area contributed by atoms with Gasteiger partial charge in [0.15, 0.2) is 0 Å². The van der Waals surface area contributed by atoms with Gasteiger partial charge in [-0.3, -0.25) is 10.1 Å². The molecule has 0 bridgehead atoms. The van der Waals surface area contributed by atoms with E-state index in [2.05, 4.69) is 19.9 Å². The molecule has 0 saturated carbocycles. The summed E-state index contributed by atoms with van der Waals surface area (Å²) in [6.45, 7) is 1.39. The van der Waals surface area contributed by atoms with Crippen molar-refractivity contribution in [3.05, 3.63) is 59.0 Å². The number of benzene rings is 1. The van der Waals surface area contributed by atoms with Crippen LogP contribution in [-0.2, 0) is 6.54 Å². The smallest absolute Gasteiger partial charge is 0.311 e. The largest absolute Gasteiger partial charge is 0.364 e. The maximum atomic E-state index is 10.9. The zero-order chi connectivity index (χ0) is 15.4. The number of para-hydroxylation sites is 2.